The number of methoxy groups -OCH3 is 1. The number of ether oxygens (including phenoxy) is 2. The lowest BCUT2D eigenvalue weighted by Gasteiger charge is -2.38. The Balaban J connectivity index is 1.74. The van der Waals surface area contributed by atoms with E-state index >= 15 is 0 Å². The molecule has 2 N–H and O–H groups in total. The fourth-order valence-electron chi connectivity index (χ4n) is 2.95. The summed E-state index contributed by atoms with van der Waals surface area (Å²) < 4.78 is 11.1. The molecule has 1 aliphatic rings. The van der Waals surface area contributed by atoms with Crippen molar-refractivity contribution in [3.63, 3.8) is 0 Å². The van der Waals surface area contributed by atoms with Gasteiger partial charge in [0.05, 0.1) is 13.2 Å². The molecule has 0 saturated carbocycles. The van der Waals surface area contributed by atoms with Crippen LogP contribution in [0.25, 0.3) is 0 Å². The second kappa shape index (κ2) is 6.84. The third-order valence-corrected chi connectivity index (χ3v) is 4.32. The molecule has 25 heavy (non-hydrogen) atoms. The van der Waals surface area contributed by atoms with Gasteiger partial charge in [-0.05, 0) is 56.3 Å². The smallest absolute Gasteiger partial charge is 0.319 e. The number of halogens is 1. The summed E-state index contributed by atoms with van der Waals surface area (Å²) in [5.41, 5.74) is 1.20. The summed E-state index contributed by atoms with van der Waals surface area (Å²) >= 11 is 6.11. The normalized spacial score (nSPS) is 17.8. The van der Waals surface area contributed by atoms with Gasteiger partial charge in [-0.2, -0.15) is 0 Å². The molecule has 1 atom stereocenters. The first-order valence-corrected chi connectivity index (χ1v) is 8.44. The number of hydrogen-bond donors (Lipinski definition) is 2. The molecule has 1 heterocycles. The summed E-state index contributed by atoms with van der Waals surface area (Å²) in [5, 5.41) is 6.46. The maximum Gasteiger partial charge on any atom is 0.319 e. The summed E-state index contributed by atoms with van der Waals surface area (Å²) in [6, 6.07) is 12.2. The van der Waals surface area contributed by atoms with Gasteiger partial charge in [-0.1, -0.05) is 11.6 Å². The van der Waals surface area contributed by atoms with Crippen molar-refractivity contribution < 1.29 is 14.3 Å². The molecule has 0 unspecified atom stereocenters. The Hall–Kier alpha value is -2.40. The fraction of sp³-hybridized carbons (Fsp3) is 0.316. The van der Waals surface area contributed by atoms with Crippen molar-refractivity contribution in [2.45, 2.75) is 31.9 Å². The minimum atomic E-state index is -0.376. The molecule has 5 nitrogen and oxygen atoms in total. The van der Waals surface area contributed by atoms with E-state index in [2.05, 4.69) is 10.6 Å². The van der Waals surface area contributed by atoms with Crippen molar-refractivity contribution in [3.8, 4) is 11.5 Å². The summed E-state index contributed by atoms with van der Waals surface area (Å²) in [7, 11) is 1.60. The van der Waals surface area contributed by atoms with Crippen molar-refractivity contribution in [1.82, 2.24) is 5.32 Å². The quantitative estimate of drug-likeness (QED) is 0.828. The van der Waals surface area contributed by atoms with Crippen molar-refractivity contribution >= 4 is 23.3 Å². The molecule has 1 aliphatic heterocycles. The van der Waals surface area contributed by atoms with E-state index in [1.54, 1.807) is 37.4 Å². The van der Waals surface area contributed by atoms with Crippen LogP contribution in [0.15, 0.2) is 42.5 Å². The topological polar surface area (TPSA) is 59.6 Å². The maximum absolute atomic E-state index is 12.4. The summed E-state index contributed by atoms with van der Waals surface area (Å²) in [6.45, 7) is 4.00. The molecule has 0 bridgehead atoms. The van der Waals surface area contributed by atoms with Gasteiger partial charge in [0.15, 0.2) is 0 Å². The predicted octanol–water partition coefficient (Wildman–Crippen LogP) is 4.77. The zero-order valence-corrected chi connectivity index (χ0v) is 15.2. The van der Waals surface area contributed by atoms with E-state index in [0.29, 0.717) is 17.1 Å². The van der Waals surface area contributed by atoms with Gasteiger partial charge < -0.3 is 20.1 Å². The van der Waals surface area contributed by atoms with Crippen LogP contribution in [0.4, 0.5) is 10.5 Å². The molecule has 2 aromatic carbocycles. The molecule has 0 saturated heterocycles. The molecule has 0 aromatic heterocycles. The minimum absolute atomic E-state index is 0.185. The van der Waals surface area contributed by atoms with Crippen molar-refractivity contribution in [3.05, 3.63) is 53.1 Å². The molecule has 132 valence electrons. The Morgan fingerprint density at radius 1 is 1.24 bits per heavy atom. The van der Waals surface area contributed by atoms with Crippen LogP contribution in [0.5, 0.6) is 11.5 Å². The number of amides is 2. The number of carbonyl (C=O) groups excluding carboxylic acids is 1. The second-order valence-corrected chi connectivity index (χ2v) is 7.06. The van der Waals surface area contributed by atoms with Gasteiger partial charge in [0.2, 0.25) is 0 Å². The van der Waals surface area contributed by atoms with Crippen LogP contribution in [0.2, 0.25) is 5.02 Å². The minimum Gasteiger partial charge on any atom is -0.497 e. The van der Waals surface area contributed by atoms with Crippen LogP contribution in [-0.4, -0.2) is 18.7 Å². The molecule has 6 heteroatoms. The molecular formula is C19H21ClN2O3. The van der Waals surface area contributed by atoms with E-state index < -0.39 is 0 Å². The Bertz CT molecular complexity index is 775. The van der Waals surface area contributed by atoms with Gasteiger partial charge in [0, 0.05) is 22.7 Å². The third kappa shape index (κ3) is 4.17. The third-order valence-electron chi connectivity index (χ3n) is 4.08. The number of urea groups is 1. The summed E-state index contributed by atoms with van der Waals surface area (Å²) in [4.78, 5) is 12.4. The average molecular weight is 361 g/mol. The standard InChI is InChI=1S/C19H21ClN2O3/c1-19(2)11-16(15-10-12(20)4-9-17(15)25-19)22-18(23)21-13-5-7-14(24-3)8-6-13/h4-10,16H,11H2,1-3H3,(H2,21,22,23)/t16-/m1/s1. The molecule has 2 amide bonds. The summed E-state index contributed by atoms with van der Waals surface area (Å²) in [6.07, 6.45) is 0.649. The molecule has 0 spiro atoms. The molecule has 0 fully saturated rings. The van der Waals surface area contributed by atoms with E-state index in [1.807, 2.05) is 26.0 Å². The van der Waals surface area contributed by atoms with Crippen molar-refractivity contribution in [1.29, 1.82) is 0 Å². The van der Waals surface area contributed by atoms with Gasteiger partial charge in [-0.25, -0.2) is 4.79 Å². The number of fused-ring (bicyclic) bond motifs is 1. The molecule has 0 aliphatic carbocycles. The number of hydrogen-bond acceptors (Lipinski definition) is 3. The van der Waals surface area contributed by atoms with Gasteiger partial charge >= 0.3 is 6.03 Å². The number of nitrogens with one attached hydrogen (secondary N) is 2. The van der Waals surface area contributed by atoms with Crippen LogP contribution < -0.4 is 20.1 Å². The lowest BCUT2D eigenvalue weighted by Crippen LogP contribution is -2.42. The lowest BCUT2D eigenvalue weighted by atomic mass is 9.90. The van der Waals surface area contributed by atoms with Crippen LogP contribution >= 0.6 is 11.6 Å². The Labute approximate surface area is 152 Å². The van der Waals surface area contributed by atoms with Gasteiger partial charge in [-0.15, -0.1) is 0 Å². The van der Waals surface area contributed by atoms with E-state index in [4.69, 9.17) is 21.1 Å². The van der Waals surface area contributed by atoms with Crippen LogP contribution in [0.3, 0.4) is 0 Å². The first-order chi connectivity index (χ1) is 11.9. The van der Waals surface area contributed by atoms with Crippen LogP contribution in [0, 0.1) is 0 Å². The first kappa shape index (κ1) is 17.4. The van der Waals surface area contributed by atoms with Gasteiger partial charge in [-0.3, -0.25) is 0 Å². The average Bonchev–Trinajstić information content (AvgIpc) is 2.55. The molecule has 3 rings (SSSR count). The van der Waals surface area contributed by atoms with Gasteiger partial charge in [0.1, 0.15) is 17.1 Å². The Morgan fingerprint density at radius 3 is 2.64 bits per heavy atom. The highest BCUT2D eigenvalue weighted by atomic mass is 35.5. The predicted molar refractivity (Wildman–Crippen MR) is 98.7 cm³/mol. The van der Waals surface area contributed by atoms with E-state index in [0.717, 1.165) is 17.1 Å². The fourth-order valence-corrected chi connectivity index (χ4v) is 3.13. The van der Waals surface area contributed by atoms with E-state index in [-0.39, 0.29) is 17.7 Å². The van der Waals surface area contributed by atoms with Crippen molar-refractivity contribution in [2.75, 3.05) is 12.4 Å². The Morgan fingerprint density at radius 2 is 1.96 bits per heavy atom. The van der Waals surface area contributed by atoms with Crippen LogP contribution in [-0.2, 0) is 0 Å². The largest absolute Gasteiger partial charge is 0.497 e. The second-order valence-electron chi connectivity index (χ2n) is 6.63. The highest BCUT2D eigenvalue weighted by Crippen LogP contribution is 2.40. The highest BCUT2D eigenvalue weighted by molar-refractivity contribution is 6.30. The van der Waals surface area contributed by atoms with Crippen LogP contribution in [0.1, 0.15) is 31.9 Å². The first-order valence-electron chi connectivity index (χ1n) is 8.06. The molecule has 0 radical (unpaired) electrons. The monoisotopic (exact) mass is 360 g/mol. The number of anilines is 1. The van der Waals surface area contributed by atoms with E-state index in [1.165, 1.54) is 0 Å². The molecule has 2 aromatic rings. The summed E-state index contributed by atoms with van der Waals surface area (Å²) in [5.74, 6) is 1.48. The SMILES string of the molecule is COc1ccc(NC(=O)N[C@@H]2CC(C)(C)Oc3ccc(Cl)cc32)cc1. The zero-order valence-electron chi connectivity index (χ0n) is 14.4. The molecular weight excluding hydrogens is 340 g/mol. The number of rotatable bonds is 3. The van der Waals surface area contributed by atoms with Gasteiger partial charge in [0.25, 0.3) is 0 Å². The lowest BCUT2D eigenvalue weighted by molar-refractivity contribution is 0.0683. The Kier molecular flexibility index (Phi) is 4.77. The maximum atomic E-state index is 12.4. The number of benzene rings is 2. The number of carbonyl (C=O) groups is 1. The van der Waals surface area contributed by atoms with Crippen molar-refractivity contribution in [2.24, 2.45) is 0 Å². The highest BCUT2D eigenvalue weighted by Gasteiger charge is 2.34. The zero-order chi connectivity index (χ0) is 18.0. The van der Waals surface area contributed by atoms with E-state index in [9.17, 15) is 4.79 Å².